The first-order valence-electron chi connectivity index (χ1n) is 7.41. The number of rotatable bonds is 6. The van der Waals surface area contributed by atoms with Crippen molar-refractivity contribution in [2.24, 2.45) is 0 Å². The molecule has 0 radical (unpaired) electrons. The molecular weight excluding hydrogens is 346 g/mol. The van der Waals surface area contributed by atoms with Gasteiger partial charge in [-0.15, -0.1) is 0 Å². The van der Waals surface area contributed by atoms with E-state index in [2.05, 4.69) is 31.0 Å². The molecule has 0 unspecified atom stereocenters. The van der Waals surface area contributed by atoms with Gasteiger partial charge in [0.25, 0.3) is 0 Å². The molecule has 1 aliphatic rings. The van der Waals surface area contributed by atoms with E-state index in [1.165, 1.54) is 16.7 Å². The van der Waals surface area contributed by atoms with E-state index in [9.17, 15) is 4.79 Å². The lowest BCUT2D eigenvalue weighted by Crippen LogP contribution is -2.23. The normalized spacial score (nSPS) is 12.9. The first-order chi connectivity index (χ1) is 11.5. The molecule has 3 rings (SSSR count). The molecule has 0 aromatic carbocycles. The molecule has 3 N–H and O–H groups in total. The molecule has 0 saturated heterocycles. The largest absolute Gasteiger partial charge is 0.383 e. The first-order valence-corrected chi connectivity index (χ1v) is 9.38. The third-order valence-corrected chi connectivity index (χ3v) is 5.16. The number of nitrogens with one attached hydrogen (secondary N) is 1. The van der Waals surface area contributed by atoms with Crippen molar-refractivity contribution in [1.29, 1.82) is 0 Å². The number of aryl methyl sites for hydroxylation is 1. The van der Waals surface area contributed by atoms with Gasteiger partial charge in [0.05, 0.1) is 18.0 Å². The number of amides is 1. The van der Waals surface area contributed by atoms with Crippen LogP contribution in [-0.4, -0.2) is 55.9 Å². The quantitative estimate of drug-likeness (QED) is 0.581. The third kappa shape index (κ3) is 4.12. The molecule has 24 heavy (non-hydrogen) atoms. The minimum Gasteiger partial charge on any atom is -0.383 e. The van der Waals surface area contributed by atoms with Gasteiger partial charge < -0.3 is 20.5 Å². The van der Waals surface area contributed by atoms with E-state index in [0.29, 0.717) is 23.3 Å². The van der Waals surface area contributed by atoms with Crippen molar-refractivity contribution in [3.63, 3.8) is 0 Å². The van der Waals surface area contributed by atoms with Crippen molar-refractivity contribution in [2.45, 2.75) is 23.4 Å². The highest BCUT2D eigenvalue weighted by molar-refractivity contribution is 7.99. The lowest BCUT2D eigenvalue weighted by atomic mass is 10.4. The zero-order valence-electron chi connectivity index (χ0n) is 13.5. The van der Waals surface area contributed by atoms with Crippen LogP contribution < -0.4 is 11.1 Å². The fourth-order valence-corrected chi connectivity index (χ4v) is 3.89. The molecule has 1 aliphatic heterocycles. The number of anilines is 2. The van der Waals surface area contributed by atoms with Crippen molar-refractivity contribution in [3.05, 3.63) is 18.0 Å². The maximum atomic E-state index is 11.7. The van der Waals surface area contributed by atoms with Crippen molar-refractivity contribution in [3.8, 4) is 0 Å². The van der Waals surface area contributed by atoms with Crippen molar-refractivity contribution < 1.29 is 4.79 Å². The SMILES string of the molecule is CN(C)C(=O)CSc1nc(N)cc(NCc2cn3c(n2)SCC3)n1. The number of nitrogen functional groups attached to an aromatic ring is 1. The van der Waals surface area contributed by atoms with Crippen molar-refractivity contribution in [1.82, 2.24) is 24.4 Å². The number of nitrogens with two attached hydrogens (primary N) is 1. The minimum absolute atomic E-state index is 0.00515. The van der Waals surface area contributed by atoms with Crippen LogP contribution in [0, 0.1) is 0 Å². The summed E-state index contributed by atoms with van der Waals surface area (Å²) >= 11 is 3.04. The Balaban J connectivity index is 1.61. The predicted octanol–water partition coefficient (Wildman–Crippen LogP) is 1.15. The van der Waals surface area contributed by atoms with Crippen LogP contribution in [0.15, 0.2) is 22.6 Å². The number of fused-ring (bicyclic) bond motifs is 1. The fourth-order valence-electron chi connectivity index (χ4n) is 2.08. The van der Waals surface area contributed by atoms with Crippen LogP contribution in [-0.2, 0) is 17.9 Å². The molecular formula is C14H19N7OS2. The third-order valence-electron chi connectivity index (χ3n) is 3.35. The molecule has 2 aromatic heterocycles. The molecule has 1 amide bonds. The number of thioether (sulfide) groups is 2. The van der Waals surface area contributed by atoms with Gasteiger partial charge in [-0.3, -0.25) is 4.79 Å². The van der Waals surface area contributed by atoms with E-state index in [4.69, 9.17) is 5.73 Å². The van der Waals surface area contributed by atoms with Gasteiger partial charge in [0.1, 0.15) is 11.6 Å². The Bertz CT molecular complexity index is 725. The van der Waals surface area contributed by atoms with Crippen LogP contribution in [0.2, 0.25) is 0 Å². The van der Waals surface area contributed by atoms with Crippen molar-refractivity contribution >= 4 is 41.1 Å². The van der Waals surface area contributed by atoms with Gasteiger partial charge in [0.2, 0.25) is 5.91 Å². The van der Waals surface area contributed by atoms with Gasteiger partial charge in [-0.1, -0.05) is 23.5 Å². The first kappa shape index (κ1) is 16.9. The Hall–Kier alpha value is -1.94. The summed E-state index contributed by atoms with van der Waals surface area (Å²) in [5, 5.41) is 4.76. The Labute approximate surface area is 148 Å². The summed E-state index contributed by atoms with van der Waals surface area (Å²) in [5.41, 5.74) is 6.79. The molecule has 128 valence electrons. The summed E-state index contributed by atoms with van der Waals surface area (Å²) in [4.78, 5) is 26.3. The molecule has 0 spiro atoms. The van der Waals surface area contributed by atoms with Crippen LogP contribution in [0.3, 0.4) is 0 Å². The number of hydrogen-bond acceptors (Lipinski definition) is 8. The van der Waals surface area contributed by atoms with Gasteiger partial charge in [0.15, 0.2) is 10.3 Å². The number of carbonyl (C=O) groups excluding carboxylic acids is 1. The molecule has 0 aliphatic carbocycles. The molecule has 10 heteroatoms. The van der Waals surface area contributed by atoms with E-state index in [0.717, 1.165) is 23.1 Å². The molecule has 0 fully saturated rings. The van der Waals surface area contributed by atoms with Crippen LogP contribution in [0.1, 0.15) is 5.69 Å². The Morgan fingerprint density at radius 1 is 1.46 bits per heavy atom. The molecule has 0 saturated carbocycles. The number of hydrogen-bond donors (Lipinski definition) is 2. The van der Waals surface area contributed by atoms with E-state index in [1.807, 2.05) is 0 Å². The van der Waals surface area contributed by atoms with Crippen LogP contribution in [0.5, 0.6) is 0 Å². The zero-order valence-corrected chi connectivity index (χ0v) is 15.2. The van der Waals surface area contributed by atoms with Crippen molar-refractivity contribution in [2.75, 3.05) is 36.7 Å². The highest BCUT2D eigenvalue weighted by atomic mass is 32.2. The van der Waals surface area contributed by atoms with Crippen LogP contribution >= 0.6 is 23.5 Å². The number of imidazole rings is 1. The van der Waals surface area contributed by atoms with Gasteiger partial charge in [-0.25, -0.2) is 15.0 Å². The summed E-state index contributed by atoms with van der Waals surface area (Å²) in [6, 6.07) is 1.68. The monoisotopic (exact) mass is 365 g/mol. The second kappa shape index (κ2) is 7.31. The highest BCUT2D eigenvalue weighted by Gasteiger charge is 2.14. The summed E-state index contributed by atoms with van der Waals surface area (Å²) in [6.45, 7) is 1.58. The Kier molecular flexibility index (Phi) is 5.14. The van der Waals surface area contributed by atoms with E-state index < -0.39 is 0 Å². The Morgan fingerprint density at radius 2 is 2.29 bits per heavy atom. The molecule has 0 bridgehead atoms. The molecule has 3 heterocycles. The molecule has 8 nitrogen and oxygen atoms in total. The fraction of sp³-hybridized carbons (Fsp3) is 0.429. The summed E-state index contributed by atoms with van der Waals surface area (Å²) in [5.74, 6) is 2.37. The Morgan fingerprint density at radius 3 is 3.04 bits per heavy atom. The van der Waals surface area contributed by atoms with Gasteiger partial charge >= 0.3 is 0 Å². The molecule has 0 atom stereocenters. The highest BCUT2D eigenvalue weighted by Crippen LogP contribution is 2.25. The summed E-state index contributed by atoms with van der Waals surface area (Å²) in [7, 11) is 3.44. The van der Waals surface area contributed by atoms with Gasteiger partial charge in [0, 0.05) is 38.7 Å². The second-order valence-corrected chi connectivity index (χ2v) is 7.45. The minimum atomic E-state index is 0.00515. The number of nitrogens with zero attached hydrogens (tertiary/aromatic N) is 5. The van der Waals surface area contributed by atoms with Gasteiger partial charge in [-0.2, -0.15) is 0 Å². The van der Waals surface area contributed by atoms with E-state index in [1.54, 1.807) is 31.9 Å². The maximum absolute atomic E-state index is 11.7. The lowest BCUT2D eigenvalue weighted by molar-refractivity contribution is -0.125. The summed E-state index contributed by atoms with van der Waals surface area (Å²) in [6.07, 6.45) is 2.05. The van der Waals surface area contributed by atoms with Crippen LogP contribution in [0.4, 0.5) is 11.6 Å². The van der Waals surface area contributed by atoms with E-state index in [-0.39, 0.29) is 11.7 Å². The maximum Gasteiger partial charge on any atom is 0.232 e. The number of aromatic nitrogens is 4. The summed E-state index contributed by atoms with van der Waals surface area (Å²) < 4.78 is 2.16. The lowest BCUT2D eigenvalue weighted by Gasteiger charge is -2.10. The van der Waals surface area contributed by atoms with Crippen LogP contribution in [0.25, 0.3) is 0 Å². The second-order valence-electron chi connectivity index (χ2n) is 5.45. The smallest absolute Gasteiger partial charge is 0.232 e. The number of carbonyl (C=O) groups is 1. The van der Waals surface area contributed by atoms with Gasteiger partial charge in [-0.05, 0) is 0 Å². The predicted molar refractivity (Wildman–Crippen MR) is 96.1 cm³/mol. The zero-order chi connectivity index (χ0) is 17.1. The standard InChI is InChI=1S/C14H19N7OS2/c1-20(2)12(22)8-24-13-18-10(15)5-11(19-13)16-6-9-7-21-3-4-23-14(21)17-9/h5,7H,3-4,6,8H2,1-2H3,(H3,15,16,18,19). The topological polar surface area (TPSA) is 102 Å². The molecule has 2 aromatic rings. The average molecular weight is 365 g/mol. The van der Waals surface area contributed by atoms with E-state index >= 15 is 0 Å². The average Bonchev–Trinajstić information content (AvgIpc) is 3.11.